The first-order valence-electron chi connectivity index (χ1n) is 4.66. The van der Waals surface area contributed by atoms with Gasteiger partial charge in [-0.25, -0.2) is 18.7 Å². The highest BCUT2D eigenvalue weighted by atomic mass is 19.1. The highest BCUT2D eigenvalue weighted by Crippen LogP contribution is 2.18. The Hall–Kier alpha value is -2.04. The fraction of sp³-hybridized carbons (Fsp3) is 0.0909. The molecule has 0 saturated heterocycles. The topological polar surface area (TPSA) is 37.8 Å². The van der Waals surface area contributed by atoms with Crippen LogP contribution in [-0.4, -0.2) is 9.97 Å². The molecule has 0 aliphatic rings. The second kappa shape index (κ2) is 4.22. The lowest BCUT2D eigenvalue weighted by Gasteiger charge is -2.06. The first kappa shape index (κ1) is 10.5. The monoisotopic (exact) mass is 221 g/mol. The van der Waals surface area contributed by atoms with E-state index < -0.39 is 11.6 Å². The van der Waals surface area contributed by atoms with Crippen LogP contribution in [0, 0.1) is 18.6 Å². The second-order valence-electron chi connectivity index (χ2n) is 3.26. The number of benzene rings is 1. The number of hydrogen-bond donors (Lipinski definition) is 1. The highest BCUT2D eigenvalue weighted by Gasteiger charge is 2.07. The third-order valence-electron chi connectivity index (χ3n) is 2.05. The quantitative estimate of drug-likeness (QED) is 0.847. The van der Waals surface area contributed by atoms with E-state index in [1.807, 2.05) is 0 Å². The molecule has 1 N–H and O–H groups in total. The summed E-state index contributed by atoms with van der Waals surface area (Å²) in [7, 11) is 0. The summed E-state index contributed by atoms with van der Waals surface area (Å²) < 4.78 is 26.4. The maximum absolute atomic E-state index is 13.5. The van der Waals surface area contributed by atoms with Crippen LogP contribution >= 0.6 is 0 Å². The van der Waals surface area contributed by atoms with Crippen LogP contribution in [0.15, 0.2) is 30.6 Å². The van der Waals surface area contributed by atoms with Gasteiger partial charge in [-0.05, 0) is 25.1 Å². The van der Waals surface area contributed by atoms with Crippen molar-refractivity contribution in [1.29, 1.82) is 0 Å². The predicted octanol–water partition coefficient (Wildman–Crippen LogP) is 2.81. The van der Waals surface area contributed by atoms with E-state index in [0.717, 1.165) is 0 Å². The summed E-state index contributed by atoms with van der Waals surface area (Å²) in [4.78, 5) is 7.44. The molecule has 2 aromatic rings. The van der Waals surface area contributed by atoms with Gasteiger partial charge < -0.3 is 5.32 Å². The zero-order chi connectivity index (χ0) is 11.5. The SMILES string of the molecule is Cc1ncnc(Nc2cccc(F)c2)c1F. The van der Waals surface area contributed by atoms with Crippen LogP contribution in [0.25, 0.3) is 0 Å². The predicted molar refractivity (Wildman–Crippen MR) is 56.4 cm³/mol. The standard InChI is InChI=1S/C11H9F2N3/c1-7-10(13)11(15-6-14-7)16-9-4-2-3-8(12)5-9/h2-6H,1H3,(H,14,15,16). The molecular formula is C11H9F2N3. The molecule has 0 atom stereocenters. The van der Waals surface area contributed by atoms with Crippen molar-refractivity contribution < 1.29 is 8.78 Å². The van der Waals surface area contributed by atoms with Crippen molar-refractivity contribution in [2.75, 3.05) is 5.32 Å². The van der Waals surface area contributed by atoms with Crippen LogP contribution in [0.1, 0.15) is 5.69 Å². The molecule has 0 saturated carbocycles. The van der Waals surface area contributed by atoms with E-state index in [1.54, 1.807) is 6.07 Å². The number of nitrogens with zero attached hydrogens (tertiary/aromatic N) is 2. The third kappa shape index (κ3) is 2.13. The van der Waals surface area contributed by atoms with Gasteiger partial charge in [0.1, 0.15) is 12.1 Å². The lowest BCUT2D eigenvalue weighted by Crippen LogP contribution is -2.00. The van der Waals surface area contributed by atoms with E-state index >= 15 is 0 Å². The number of halogens is 2. The number of aryl methyl sites for hydroxylation is 1. The Morgan fingerprint density at radius 1 is 1.19 bits per heavy atom. The number of rotatable bonds is 2. The molecule has 82 valence electrons. The molecule has 3 nitrogen and oxygen atoms in total. The molecular weight excluding hydrogens is 212 g/mol. The van der Waals surface area contributed by atoms with Crippen molar-refractivity contribution in [2.45, 2.75) is 6.92 Å². The van der Waals surface area contributed by atoms with E-state index in [-0.39, 0.29) is 11.5 Å². The Bertz CT molecular complexity index is 514. The summed E-state index contributed by atoms with van der Waals surface area (Å²) >= 11 is 0. The molecule has 0 unspecified atom stereocenters. The van der Waals surface area contributed by atoms with Crippen LogP contribution < -0.4 is 5.32 Å². The minimum atomic E-state index is -0.535. The Kier molecular flexibility index (Phi) is 2.76. The minimum absolute atomic E-state index is 0.0399. The van der Waals surface area contributed by atoms with Gasteiger partial charge >= 0.3 is 0 Å². The summed E-state index contributed by atoms with van der Waals surface area (Å²) in [6.07, 6.45) is 1.25. The van der Waals surface area contributed by atoms with E-state index in [0.29, 0.717) is 5.69 Å². The van der Waals surface area contributed by atoms with Crippen molar-refractivity contribution in [1.82, 2.24) is 9.97 Å². The molecule has 1 aromatic heterocycles. The Morgan fingerprint density at radius 2 is 2.00 bits per heavy atom. The van der Waals surface area contributed by atoms with Gasteiger partial charge in [-0.15, -0.1) is 0 Å². The third-order valence-corrected chi connectivity index (χ3v) is 2.05. The van der Waals surface area contributed by atoms with Crippen LogP contribution in [0.5, 0.6) is 0 Å². The maximum Gasteiger partial charge on any atom is 0.186 e. The molecule has 0 spiro atoms. The van der Waals surface area contributed by atoms with Crippen molar-refractivity contribution >= 4 is 11.5 Å². The van der Waals surface area contributed by atoms with E-state index in [4.69, 9.17) is 0 Å². The van der Waals surface area contributed by atoms with Crippen LogP contribution in [0.4, 0.5) is 20.3 Å². The van der Waals surface area contributed by atoms with Gasteiger partial charge in [-0.1, -0.05) is 6.07 Å². The molecule has 0 fully saturated rings. The number of hydrogen-bond acceptors (Lipinski definition) is 3. The van der Waals surface area contributed by atoms with E-state index in [9.17, 15) is 8.78 Å². The van der Waals surface area contributed by atoms with Gasteiger partial charge in [-0.2, -0.15) is 0 Å². The first-order chi connectivity index (χ1) is 7.66. The lowest BCUT2D eigenvalue weighted by atomic mass is 10.3. The van der Waals surface area contributed by atoms with Crippen molar-refractivity contribution in [3.63, 3.8) is 0 Å². The van der Waals surface area contributed by atoms with Crippen molar-refractivity contribution in [3.8, 4) is 0 Å². The average molecular weight is 221 g/mol. The van der Waals surface area contributed by atoms with E-state index in [1.165, 1.54) is 31.5 Å². The second-order valence-corrected chi connectivity index (χ2v) is 3.26. The van der Waals surface area contributed by atoms with Crippen LogP contribution in [-0.2, 0) is 0 Å². The summed E-state index contributed by atoms with van der Waals surface area (Å²) in [6, 6.07) is 5.73. The highest BCUT2D eigenvalue weighted by molar-refractivity contribution is 5.56. The molecule has 2 rings (SSSR count). The molecule has 5 heteroatoms. The number of anilines is 2. The largest absolute Gasteiger partial charge is 0.338 e. The Labute approximate surface area is 91.2 Å². The molecule has 0 radical (unpaired) electrons. The van der Waals surface area contributed by atoms with Gasteiger partial charge in [0.25, 0.3) is 0 Å². The van der Waals surface area contributed by atoms with Crippen molar-refractivity contribution in [3.05, 3.63) is 47.9 Å². The molecule has 0 bridgehead atoms. The summed E-state index contributed by atoms with van der Waals surface area (Å²) in [5.41, 5.74) is 0.686. The molecule has 1 heterocycles. The Morgan fingerprint density at radius 3 is 2.75 bits per heavy atom. The summed E-state index contributed by atoms with van der Waals surface area (Å²) in [5.74, 6) is -0.888. The normalized spacial score (nSPS) is 10.2. The van der Waals surface area contributed by atoms with Crippen molar-refractivity contribution in [2.24, 2.45) is 0 Å². The number of nitrogens with one attached hydrogen (secondary N) is 1. The molecule has 0 amide bonds. The lowest BCUT2D eigenvalue weighted by molar-refractivity contribution is 0.606. The van der Waals surface area contributed by atoms with Crippen LogP contribution in [0.2, 0.25) is 0 Å². The zero-order valence-electron chi connectivity index (χ0n) is 8.54. The fourth-order valence-electron chi connectivity index (χ4n) is 1.25. The van der Waals surface area contributed by atoms with E-state index in [2.05, 4.69) is 15.3 Å². The van der Waals surface area contributed by atoms with Gasteiger partial charge in [0.15, 0.2) is 11.6 Å². The zero-order valence-corrected chi connectivity index (χ0v) is 8.54. The maximum atomic E-state index is 13.5. The molecule has 0 aliphatic heterocycles. The van der Waals surface area contributed by atoms with Gasteiger partial charge in [-0.3, -0.25) is 0 Å². The average Bonchev–Trinajstić information content (AvgIpc) is 2.25. The van der Waals surface area contributed by atoms with Gasteiger partial charge in [0.05, 0.1) is 5.69 Å². The minimum Gasteiger partial charge on any atom is -0.338 e. The van der Waals surface area contributed by atoms with Gasteiger partial charge in [0.2, 0.25) is 0 Å². The first-order valence-corrected chi connectivity index (χ1v) is 4.66. The molecule has 16 heavy (non-hydrogen) atoms. The summed E-state index contributed by atoms with van der Waals surface area (Å²) in [5, 5.41) is 2.69. The fourth-order valence-corrected chi connectivity index (χ4v) is 1.25. The number of aromatic nitrogens is 2. The smallest absolute Gasteiger partial charge is 0.186 e. The Balaban J connectivity index is 2.31. The molecule has 0 aliphatic carbocycles. The van der Waals surface area contributed by atoms with Crippen LogP contribution in [0.3, 0.4) is 0 Å². The summed E-state index contributed by atoms with van der Waals surface area (Å²) in [6.45, 7) is 1.54. The van der Waals surface area contributed by atoms with Gasteiger partial charge in [0, 0.05) is 5.69 Å². The molecule has 1 aromatic carbocycles.